The zero-order chi connectivity index (χ0) is 12.9. The molecule has 0 spiro atoms. The minimum Gasteiger partial charge on any atom is -0.382 e. The molecule has 2 bridgehead atoms. The van der Waals surface area contributed by atoms with Crippen LogP contribution in [0.3, 0.4) is 0 Å². The van der Waals surface area contributed by atoms with Crippen LogP contribution in [0.5, 0.6) is 0 Å². The van der Waals surface area contributed by atoms with Crippen LogP contribution < -0.4 is 5.32 Å². The predicted octanol–water partition coefficient (Wildman–Crippen LogP) is 3.20. The fourth-order valence-corrected chi connectivity index (χ4v) is 4.00. The third-order valence-corrected chi connectivity index (χ3v) is 5.45. The Bertz CT molecular complexity index is 432. The molecule has 0 aromatic heterocycles. The molecule has 98 valence electrons. The van der Waals surface area contributed by atoms with Gasteiger partial charge in [-0.15, -0.1) is 0 Å². The number of hydrogen-bond donors (Lipinski definition) is 1. The van der Waals surface area contributed by atoms with Gasteiger partial charge in [-0.2, -0.15) is 0 Å². The minimum atomic E-state index is 0.274. The Kier molecular flexibility index (Phi) is 2.65. The first-order valence-corrected chi connectivity index (χ1v) is 7.17. The molecular weight excluding hydrogens is 222 g/mol. The quantitative estimate of drug-likeness (QED) is 0.757. The normalized spacial score (nSPS) is 37.9. The number of carbonyl (C=O) groups is 1. The summed E-state index contributed by atoms with van der Waals surface area (Å²) in [6.45, 7) is 9.06. The van der Waals surface area contributed by atoms with Gasteiger partial charge in [0.05, 0.1) is 0 Å². The summed E-state index contributed by atoms with van der Waals surface area (Å²) in [4.78, 5) is 11.4. The lowest BCUT2D eigenvalue weighted by Gasteiger charge is -2.60. The lowest BCUT2D eigenvalue weighted by Crippen LogP contribution is -2.56. The maximum atomic E-state index is 11.4. The van der Waals surface area contributed by atoms with Crippen LogP contribution in [0.25, 0.3) is 0 Å². The summed E-state index contributed by atoms with van der Waals surface area (Å²) < 4.78 is 0. The van der Waals surface area contributed by atoms with Crippen molar-refractivity contribution in [1.82, 2.24) is 5.32 Å². The molecule has 3 fully saturated rings. The first-order valence-electron chi connectivity index (χ1n) is 7.17. The molecule has 2 heteroatoms. The Hall–Kier alpha value is -1.05. The van der Waals surface area contributed by atoms with Crippen LogP contribution in [0.4, 0.5) is 0 Å². The highest BCUT2D eigenvalue weighted by Gasteiger charge is 2.54. The summed E-state index contributed by atoms with van der Waals surface area (Å²) in [7, 11) is 0. The Morgan fingerprint density at radius 3 is 2.72 bits per heavy atom. The van der Waals surface area contributed by atoms with E-state index in [0.29, 0.717) is 17.4 Å². The third kappa shape index (κ3) is 1.73. The van der Waals surface area contributed by atoms with E-state index < -0.39 is 0 Å². The van der Waals surface area contributed by atoms with Gasteiger partial charge in [0, 0.05) is 24.2 Å². The first kappa shape index (κ1) is 12.0. The molecule has 3 saturated carbocycles. The monoisotopic (exact) mass is 245 g/mol. The van der Waals surface area contributed by atoms with Gasteiger partial charge >= 0.3 is 0 Å². The highest BCUT2D eigenvalue weighted by atomic mass is 16.1. The molecule has 0 amide bonds. The second-order valence-electron chi connectivity index (χ2n) is 6.80. The average molecular weight is 245 g/mol. The van der Waals surface area contributed by atoms with Crippen molar-refractivity contribution < 1.29 is 4.79 Å². The van der Waals surface area contributed by atoms with Crippen molar-refractivity contribution in [3.05, 3.63) is 23.9 Å². The lowest BCUT2D eigenvalue weighted by molar-refractivity contribution is -0.115. The van der Waals surface area contributed by atoms with E-state index >= 15 is 0 Å². The van der Waals surface area contributed by atoms with Crippen LogP contribution in [0.2, 0.25) is 0 Å². The second-order valence-corrected chi connectivity index (χ2v) is 6.80. The number of ketones is 1. The van der Waals surface area contributed by atoms with Crippen LogP contribution in [0.15, 0.2) is 23.9 Å². The Balaban J connectivity index is 1.69. The average Bonchev–Trinajstić information content (AvgIpc) is 2.31. The van der Waals surface area contributed by atoms with Gasteiger partial charge in [-0.3, -0.25) is 4.79 Å². The van der Waals surface area contributed by atoms with E-state index in [-0.39, 0.29) is 5.78 Å². The van der Waals surface area contributed by atoms with Crippen LogP contribution in [-0.4, -0.2) is 11.8 Å². The van der Waals surface area contributed by atoms with Crippen molar-refractivity contribution in [3.63, 3.8) is 0 Å². The van der Waals surface area contributed by atoms with Crippen LogP contribution >= 0.6 is 0 Å². The molecule has 4 rings (SSSR count). The SMILES string of the molecule is C=C1[C@H]2C[C@H](C[C@H]1NC1=CC(=O)CCC1)C2(C)C. The van der Waals surface area contributed by atoms with Crippen LogP contribution in [0, 0.1) is 17.3 Å². The zero-order valence-electron chi connectivity index (χ0n) is 11.5. The number of nitrogens with one attached hydrogen (secondary N) is 1. The molecule has 4 aliphatic carbocycles. The summed E-state index contributed by atoms with van der Waals surface area (Å²) in [5.74, 6) is 1.77. The van der Waals surface area contributed by atoms with Gasteiger partial charge in [0.25, 0.3) is 0 Å². The molecule has 18 heavy (non-hydrogen) atoms. The van der Waals surface area contributed by atoms with Crippen molar-refractivity contribution in [2.75, 3.05) is 0 Å². The van der Waals surface area contributed by atoms with E-state index in [9.17, 15) is 4.79 Å². The number of allylic oxidation sites excluding steroid dienone is 2. The second kappa shape index (κ2) is 3.97. The molecule has 0 radical (unpaired) electrons. The van der Waals surface area contributed by atoms with E-state index in [2.05, 4.69) is 25.7 Å². The molecule has 0 saturated heterocycles. The summed E-state index contributed by atoms with van der Waals surface area (Å²) in [5, 5.41) is 3.58. The van der Waals surface area contributed by atoms with Crippen molar-refractivity contribution in [1.29, 1.82) is 0 Å². The van der Waals surface area contributed by atoms with Gasteiger partial charge in [0.2, 0.25) is 0 Å². The maximum Gasteiger partial charge on any atom is 0.157 e. The van der Waals surface area contributed by atoms with E-state index in [1.54, 1.807) is 0 Å². The van der Waals surface area contributed by atoms with Crippen molar-refractivity contribution >= 4 is 5.78 Å². The summed E-state index contributed by atoms with van der Waals surface area (Å²) in [6, 6.07) is 0.402. The molecule has 4 aliphatic rings. The Labute approximate surface area is 110 Å². The molecule has 3 atom stereocenters. The van der Waals surface area contributed by atoms with E-state index in [1.807, 2.05) is 6.08 Å². The minimum absolute atomic E-state index is 0.274. The van der Waals surface area contributed by atoms with E-state index in [4.69, 9.17) is 0 Å². The first-order chi connectivity index (χ1) is 8.48. The standard InChI is InChI=1S/C16H23NO/c1-10-14-7-11(16(14,2)3)8-15(10)17-12-5-4-6-13(18)9-12/h9,11,14-15,17H,1,4-8H2,2-3H3/t11-,14-,15-/m1/s1. The number of hydrogen-bond acceptors (Lipinski definition) is 2. The Morgan fingerprint density at radius 2 is 2.11 bits per heavy atom. The fraction of sp³-hybridized carbons (Fsp3) is 0.688. The smallest absolute Gasteiger partial charge is 0.157 e. The number of carbonyl (C=O) groups excluding carboxylic acids is 1. The predicted molar refractivity (Wildman–Crippen MR) is 73.0 cm³/mol. The molecule has 1 N–H and O–H groups in total. The van der Waals surface area contributed by atoms with E-state index in [0.717, 1.165) is 30.9 Å². The van der Waals surface area contributed by atoms with Gasteiger partial charge in [0.15, 0.2) is 5.78 Å². The van der Waals surface area contributed by atoms with Gasteiger partial charge in [-0.1, -0.05) is 26.0 Å². The van der Waals surface area contributed by atoms with Crippen LogP contribution in [0.1, 0.15) is 46.0 Å². The maximum absolute atomic E-state index is 11.4. The van der Waals surface area contributed by atoms with E-state index in [1.165, 1.54) is 18.4 Å². The molecule has 0 aromatic rings. The summed E-state index contributed by atoms with van der Waals surface area (Å²) in [6.07, 6.45) is 7.05. The van der Waals surface area contributed by atoms with Gasteiger partial charge in [-0.25, -0.2) is 0 Å². The Morgan fingerprint density at radius 1 is 1.33 bits per heavy atom. The van der Waals surface area contributed by atoms with Crippen molar-refractivity contribution in [2.45, 2.75) is 52.0 Å². The fourth-order valence-electron chi connectivity index (χ4n) is 4.00. The molecule has 2 nitrogen and oxygen atoms in total. The van der Waals surface area contributed by atoms with Crippen molar-refractivity contribution in [3.8, 4) is 0 Å². The number of fused-ring (bicyclic) bond motifs is 2. The van der Waals surface area contributed by atoms with Gasteiger partial charge < -0.3 is 5.32 Å². The topological polar surface area (TPSA) is 29.1 Å². The molecule has 0 aliphatic heterocycles. The highest BCUT2D eigenvalue weighted by molar-refractivity contribution is 5.91. The molecule has 0 heterocycles. The number of rotatable bonds is 2. The molecule has 0 unspecified atom stereocenters. The highest BCUT2D eigenvalue weighted by Crippen LogP contribution is 2.60. The molecule has 0 aromatic carbocycles. The third-order valence-electron chi connectivity index (χ3n) is 5.45. The summed E-state index contributed by atoms with van der Waals surface area (Å²) >= 11 is 0. The zero-order valence-corrected chi connectivity index (χ0v) is 11.5. The lowest BCUT2D eigenvalue weighted by atomic mass is 9.46. The van der Waals surface area contributed by atoms with Crippen LogP contribution in [-0.2, 0) is 4.79 Å². The van der Waals surface area contributed by atoms with Gasteiger partial charge in [0.1, 0.15) is 0 Å². The largest absolute Gasteiger partial charge is 0.382 e. The van der Waals surface area contributed by atoms with Gasteiger partial charge in [-0.05, 0) is 42.9 Å². The summed E-state index contributed by atoms with van der Waals surface area (Å²) in [5.41, 5.74) is 2.95. The molecular formula is C16H23NO. The van der Waals surface area contributed by atoms with Crippen molar-refractivity contribution in [2.24, 2.45) is 17.3 Å².